The molecule has 0 saturated carbocycles. The van der Waals surface area contributed by atoms with Crippen molar-refractivity contribution in [2.75, 3.05) is 45.9 Å². The summed E-state index contributed by atoms with van der Waals surface area (Å²) in [7, 11) is 0. The highest BCUT2D eigenvalue weighted by atomic mass is 35.5. The number of carbonyl (C=O) groups is 2. The largest absolute Gasteiger partial charge is 0.459 e. The van der Waals surface area contributed by atoms with Crippen LogP contribution in [0, 0.1) is 5.82 Å². The first kappa shape index (κ1) is 26.1. The molecule has 2 amide bonds. The molecule has 0 N–H and O–H groups in total. The summed E-state index contributed by atoms with van der Waals surface area (Å²) in [4.78, 5) is 30.7. The highest BCUT2D eigenvalue weighted by molar-refractivity contribution is 6.30. The Labute approximate surface area is 225 Å². The lowest BCUT2D eigenvalue weighted by atomic mass is 9.98. The molecule has 3 aromatic rings. The predicted octanol–water partition coefficient (Wildman–Crippen LogP) is 4.22. The summed E-state index contributed by atoms with van der Waals surface area (Å²) in [6.07, 6.45) is 1.88. The molecular formula is C28H28ClFN4O4. The van der Waals surface area contributed by atoms with E-state index in [4.69, 9.17) is 20.8 Å². The maximum Gasteiger partial charge on any atom is 0.290 e. The molecule has 3 heterocycles. The molecule has 2 aromatic carbocycles. The number of benzene rings is 2. The zero-order valence-corrected chi connectivity index (χ0v) is 21.5. The Morgan fingerprint density at radius 1 is 1.05 bits per heavy atom. The summed E-state index contributed by atoms with van der Waals surface area (Å²) < 4.78 is 24.3. The lowest BCUT2D eigenvalue weighted by molar-refractivity contribution is -0.133. The first-order valence-corrected chi connectivity index (χ1v) is 12.9. The van der Waals surface area contributed by atoms with Gasteiger partial charge in [-0.25, -0.2) is 9.40 Å². The molecule has 8 nitrogen and oxygen atoms in total. The monoisotopic (exact) mass is 538 g/mol. The van der Waals surface area contributed by atoms with Crippen molar-refractivity contribution in [3.8, 4) is 0 Å². The van der Waals surface area contributed by atoms with Crippen LogP contribution < -0.4 is 0 Å². The number of hydrazone groups is 1. The minimum absolute atomic E-state index is 0.172. The van der Waals surface area contributed by atoms with Gasteiger partial charge in [0.2, 0.25) is 0 Å². The minimum Gasteiger partial charge on any atom is -0.459 e. The lowest BCUT2D eigenvalue weighted by Gasteiger charge is -2.30. The van der Waals surface area contributed by atoms with Gasteiger partial charge in [0.1, 0.15) is 12.4 Å². The Morgan fingerprint density at radius 3 is 2.47 bits per heavy atom. The van der Waals surface area contributed by atoms with Crippen molar-refractivity contribution in [3.63, 3.8) is 0 Å². The third-order valence-electron chi connectivity index (χ3n) is 6.73. The maximum atomic E-state index is 13.7. The van der Waals surface area contributed by atoms with E-state index in [1.54, 1.807) is 36.4 Å². The quantitative estimate of drug-likeness (QED) is 0.429. The van der Waals surface area contributed by atoms with E-state index in [1.807, 2.05) is 12.1 Å². The van der Waals surface area contributed by atoms with Gasteiger partial charge >= 0.3 is 0 Å². The van der Waals surface area contributed by atoms with Crippen LogP contribution in [0.4, 0.5) is 4.39 Å². The van der Waals surface area contributed by atoms with E-state index in [0.29, 0.717) is 43.5 Å². The van der Waals surface area contributed by atoms with Crippen molar-refractivity contribution in [2.45, 2.75) is 12.5 Å². The number of hydrogen-bond acceptors (Lipinski definition) is 6. The number of nitrogens with zero attached hydrogens (tertiary/aromatic N) is 4. The standard InChI is InChI=1S/C28H28ClFN4O4/c29-22-7-3-21(4-8-22)25-18-24(20-5-9-23(30)10-6-20)31-34(25)27(35)19-33(28(36)26-2-1-15-38-26)12-11-32-13-16-37-17-14-32/h1-10,15,25H,11-14,16-19H2/t25-/m1/s1. The molecule has 0 bridgehead atoms. The van der Waals surface area contributed by atoms with E-state index in [2.05, 4.69) is 10.0 Å². The van der Waals surface area contributed by atoms with Gasteiger partial charge in [-0.05, 0) is 47.5 Å². The molecule has 0 aliphatic carbocycles. The van der Waals surface area contributed by atoms with Crippen LogP contribution in [0.3, 0.4) is 0 Å². The molecule has 0 spiro atoms. The van der Waals surface area contributed by atoms with Crippen molar-refractivity contribution in [1.82, 2.24) is 14.8 Å². The predicted molar refractivity (Wildman–Crippen MR) is 140 cm³/mol. The summed E-state index contributed by atoms with van der Waals surface area (Å²) in [5.74, 6) is -0.863. The van der Waals surface area contributed by atoms with E-state index in [9.17, 15) is 14.0 Å². The van der Waals surface area contributed by atoms with E-state index in [-0.39, 0.29) is 36.0 Å². The maximum absolute atomic E-state index is 13.7. The normalized spacial score (nSPS) is 17.9. The van der Waals surface area contributed by atoms with E-state index in [0.717, 1.165) is 24.2 Å². The number of morpholine rings is 1. The summed E-state index contributed by atoms with van der Waals surface area (Å²) in [6, 6.07) is 16.1. The highest BCUT2D eigenvalue weighted by Crippen LogP contribution is 2.33. The second-order valence-electron chi connectivity index (χ2n) is 9.22. The van der Waals surface area contributed by atoms with Crippen molar-refractivity contribution in [2.24, 2.45) is 5.10 Å². The van der Waals surface area contributed by atoms with Crippen LogP contribution in [0.25, 0.3) is 0 Å². The molecule has 0 unspecified atom stereocenters. The number of amides is 2. The fourth-order valence-electron chi connectivity index (χ4n) is 4.63. The Morgan fingerprint density at radius 2 is 1.79 bits per heavy atom. The molecule has 1 atom stereocenters. The zero-order valence-electron chi connectivity index (χ0n) is 20.8. The molecule has 0 radical (unpaired) electrons. The molecule has 10 heteroatoms. The van der Waals surface area contributed by atoms with Crippen LogP contribution in [-0.2, 0) is 9.53 Å². The minimum atomic E-state index is -0.389. The van der Waals surface area contributed by atoms with Crippen molar-refractivity contribution in [1.29, 1.82) is 0 Å². The molecule has 1 aromatic heterocycles. The van der Waals surface area contributed by atoms with Crippen LogP contribution in [0.1, 0.15) is 34.1 Å². The Hall–Kier alpha value is -3.53. The molecule has 1 fully saturated rings. The number of furan rings is 1. The summed E-state index contributed by atoms with van der Waals surface area (Å²) in [5.41, 5.74) is 2.26. The number of carbonyl (C=O) groups excluding carboxylic acids is 2. The number of rotatable bonds is 8. The number of ether oxygens (including phenoxy) is 1. The SMILES string of the molecule is O=C(c1ccco1)N(CCN1CCOCC1)CC(=O)N1N=C(c2ccc(F)cc2)C[C@@H]1c1ccc(Cl)cc1. The van der Waals surface area contributed by atoms with Gasteiger partial charge in [-0.3, -0.25) is 14.5 Å². The van der Waals surface area contributed by atoms with Crippen LogP contribution in [0.5, 0.6) is 0 Å². The Bertz CT molecular complexity index is 1280. The van der Waals surface area contributed by atoms with Crippen molar-refractivity contribution >= 4 is 29.1 Å². The van der Waals surface area contributed by atoms with Gasteiger partial charge in [-0.1, -0.05) is 35.9 Å². The lowest BCUT2D eigenvalue weighted by Crippen LogP contribution is -2.46. The average Bonchev–Trinajstić information content (AvgIpc) is 3.63. The summed E-state index contributed by atoms with van der Waals surface area (Å²) >= 11 is 6.10. The molecule has 2 aliphatic rings. The molecule has 1 saturated heterocycles. The zero-order chi connectivity index (χ0) is 26.5. The van der Waals surface area contributed by atoms with E-state index < -0.39 is 0 Å². The average molecular weight is 539 g/mol. The number of halogens is 2. The van der Waals surface area contributed by atoms with E-state index >= 15 is 0 Å². The van der Waals surface area contributed by atoms with Crippen LogP contribution in [-0.4, -0.2) is 78.3 Å². The molecule has 5 rings (SSSR count). The van der Waals surface area contributed by atoms with Gasteiger partial charge in [0.25, 0.3) is 11.8 Å². The van der Waals surface area contributed by atoms with Gasteiger partial charge in [0, 0.05) is 37.6 Å². The van der Waals surface area contributed by atoms with E-state index in [1.165, 1.54) is 28.3 Å². The van der Waals surface area contributed by atoms with Gasteiger partial charge in [-0.2, -0.15) is 5.10 Å². The van der Waals surface area contributed by atoms with Gasteiger partial charge in [-0.15, -0.1) is 0 Å². The first-order valence-electron chi connectivity index (χ1n) is 12.5. The Kier molecular flexibility index (Phi) is 8.17. The third-order valence-corrected chi connectivity index (χ3v) is 6.99. The molecular weight excluding hydrogens is 511 g/mol. The highest BCUT2D eigenvalue weighted by Gasteiger charge is 2.35. The molecule has 38 heavy (non-hydrogen) atoms. The third kappa shape index (κ3) is 6.12. The smallest absolute Gasteiger partial charge is 0.290 e. The summed E-state index contributed by atoms with van der Waals surface area (Å²) in [6.45, 7) is 3.60. The fraction of sp³-hybridized carbons (Fsp3) is 0.321. The second-order valence-corrected chi connectivity index (χ2v) is 9.66. The fourth-order valence-corrected chi connectivity index (χ4v) is 4.76. The van der Waals surface area contributed by atoms with Gasteiger partial charge in [0.05, 0.1) is 31.2 Å². The summed E-state index contributed by atoms with van der Waals surface area (Å²) in [5, 5.41) is 6.67. The molecule has 2 aliphatic heterocycles. The van der Waals surface area contributed by atoms with Crippen LogP contribution in [0.15, 0.2) is 76.4 Å². The van der Waals surface area contributed by atoms with Gasteiger partial charge < -0.3 is 14.1 Å². The first-order chi connectivity index (χ1) is 18.5. The topological polar surface area (TPSA) is 78.6 Å². The number of hydrogen-bond donors (Lipinski definition) is 0. The van der Waals surface area contributed by atoms with Crippen molar-refractivity contribution < 1.29 is 23.1 Å². The van der Waals surface area contributed by atoms with Gasteiger partial charge in [0.15, 0.2) is 5.76 Å². The van der Waals surface area contributed by atoms with Crippen molar-refractivity contribution in [3.05, 3.63) is 94.7 Å². The van der Waals surface area contributed by atoms with Crippen LogP contribution >= 0.6 is 11.6 Å². The Balaban J connectivity index is 1.39. The second kappa shape index (κ2) is 11.9. The van der Waals surface area contributed by atoms with Crippen LogP contribution in [0.2, 0.25) is 5.02 Å². The molecule has 198 valence electrons.